The lowest BCUT2D eigenvalue weighted by molar-refractivity contribution is 0.0444. The number of ether oxygens (including phenoxy) is 4. The van der Waals surface area contributed by atoms with E-state index in [0.717, 1.165) is 0 Å². The summed E-state index contributed by atoms with van der Waals surface area (Å²) in [6, 6.07) is 9.82. The molecule has 6 nitrogen and oxygen atoms in total. The van der Waals surface area contributed by atoms with Crippen molar-refractivity contribution >= 4 is 23.9 Å². The van der Waals surface area contributed by atoms with Gasteiger partial charge in [-0.1, -0.05) is 11.6 Å². The summed E-state index contributed by atoms with van der Waals surface area (Å²) in [5, 5.41) is 0.602. The molecular formula is C18H17ClO6. The number of esters is 1. The van der Waals surface area contributed by atoms with Crippen molar-refractivity contribution in [2.75, 3.05) is 27.4 Å². The molecule has 7 heteroatoms. The van der Waals surface area contributed by atoms with Gasteiger partial charge in [0.15, 0.2) is 17.8 Å². The van der Waals surface area contributed by atoms with Crippen LogP contribution in [-0.4, -0.2) is 39.7 Å². The number of hydrogen-bond donors (Lipinski definition) is 0. The van der Waals surface area contributed by atoms with Gasteiger partial charge in [0.1, 0.15) is 24.5 Å². The zero-order chi connectivity index (χ0) is 18.2. The number of halogens is 1. The maximum Gasteiger partial charge on any atom is 0.342 e. The van der Waals surface area contributed by atoms with E-state index in [-0.39, 0.29) is 30.1 Å². The molecule has 0 aromatic heterocycles. The van der Waals surface area contributed by atoms with Crippen molar-refractivity contribution in [1.82, 2.24) is 0 Å². The van der Waals surface area contributed by atoms with Gasteiger partial charge in [0.05, 0.1) is 14.2 Å². The van der Waals surface area contributed by atoms with Crippen LogP contribution in [0.15, 0.2) is 36.4 Å². The second-order valence-electron chi connectivity index (χ2n) is 4.82. The summed E-state index contributed by atoms with van der Waals surface area (Å²) in [5.74, 6) is 0.388. The molecule has 0 aliphatic carbocycles. The van der Waals surface area contributed by atoms with Crippen LogP contribution in [0, 0.1) is 0 Å². The standard InChI is InChI=1S/C18H17ClO6/c1-22-15-8-3-12(11-20)16(17(15)23-2)18(21)25-10-9-24-14-6-4-13(19)5-7-14/h3-8,11H,9-10H2,1-2H3. The van der Waals surface area contributed by atoms with Crippen LogP contribution in [0.3, 0.4) is 0 Å². The van der Waals surface area contributed by atoms with Crippen LogP contribution in [0.25, 0.3) is 0 Å². The zero-order valence-electron chi connectivity index (χ0n) is 13.8. The Hall–Kier alpha value is -2.73. The molecule has 0 aliphatic heterocycles. The minimum Gasteiger partial charge on any atom is -0.493 e. The molecule has 0 saturated heterocycles. The molecule has 2 aromatic carbocycles. The smallest absolute Gasteiger partial charge is 0.342 e. The molecule has 0 N–H and O–H groups in total. The predicted molar refractivity (Wildman–Crippen MR) is 92.2 cm³/mol. The van der Waals surface area contributed by atoms with Crippen LogP contribution in [0.1, 0.15) is 20.7 Å². The molecule has 2 rings (SSSR count). The fraction of sp³-hybridized carbons (Fsp3) is 0.222. The third kappa shape index (κ3) is 4.64. The van der Waals surface area contributed by atoms with E-state index in [1.54, 1.807) is 30.3 Å². The van der Waals surface area contributed by atoms with Gasteiger partial charge in [-0.3, -0.25) is 4.79 Å². The fourth-order valence-electron chi connectivity index (χ4n) is 2.15. The molecular weight excluding hydrogens is 348 g/mol. The second-order valence-corrected chi connectivity index (χ2v) is 5.26. The first-order chi connectivity index (χ1) is 12.1. The summed E-state index contributed by atoms with van der Waals surface area (Å²) in [4.78, 5) is 23.5. The summed E-state index contributed by atoms with van der Waals surface area (Å²) in [7, 11) is 2.82. The summed E-state index contributed by atoms with van der Waals surface area (Å²) >= 11 is 5.79. The quantitative estimate of drug-likeness (QED) is 0.406. The number of methoxy groups -OCH3 is 2. The number of benzene rings is 2. The van der Waals surface area contributed by atoms with E-state index in [4.69, 9.17) is 30.5 Å². The van der Waals surface area contributed by atoms with Gasteiger partial charge in [0, 0.05) is 10.6 Å². The number of carbonyl (C=O) groups excluding carboxylic acids is 2. The highest BCUT2D eigenvalue weighted by atomic mass is 35.5. The van der Waals surface area contributed by atoms with E-state index in [1.165, 1.54) is 20.3 Å². The van der Waals surface area contributed by atoms with E-state index in [2.05, 4.69) is 0 Å². The Labute approximate surface area is 150 Å². The van der Waals surface area contributed by atoms with Crippen molar-refractivity contribution in [3.63, 3.8) is 0 Å². The van der Waals surface area contributed by atoms with Gasteiger partial charge in [-0.05, 0) is 36.4 Å². The Bertz CT molecular complexity index is 742. The van der Waals surface area contributed by atoms with E-state index in [0.29, 0.717) is 22.8 Å². The van der Waals surface area contributed by atoms with E-state index in [9.17, 15) is 9.59 Å². The molecule has 0 fully saturated rings. The molecule has 25 heavy (non-hydrogen) atoms. The molecule has 0 amide bonds. The largest absolute Gasteiger partial charge is 0.493 e. The Morgan fingerprint density at radius 3 is 2.36 bits per heavy atom. The predicted octanol–water partition coefficient (Wildman–Crippen LogP) is 3.41. The lowest BCUT2D eigenvalue weighted by atomic mass is 10.1. The van der Waals surface area contributed by atoms with Crippen molar-refractivity contribution in [1.29, 1.82) is 0 Å². The monoisotopic (exact) mass is 364 g/mol. The number of rotatable bonds is 8. The molecule has 0 radical (unpaired) electrons. The number of carbonyl (C=O) groups is 2. The summed E-state index contributed by atoms with van der Waals surface area (Å²) in [5.41, 5.74) is 0.171. The van der Waals surface area contributed by atoms with Crippen LogP contribution >= 0.6 is 11.6 Å². The number of hydrogen-bond acceptors (Lipinski definition) is 6. The van der Waals surface area contributed by atoms with Gasteiger partial charge < -0.3 is 18.9 Å². The normalized spacial score (nSPS) is 10.0. The van der Waals surface area contributed by atoms with E-state index < -0.39 is 5.97 Å². The fourth-order valence-corrected chi connectivity index (χ4v) is 2.27. The highest BCUT2D eigenvalue weighted by molar-refractivity contribution is 6.30. The van der Waals surface area contributed by atoms with Crippen molar-refractivity contribution in [3.05, 3.63) is 52.5 Å². The number of aldehydes is 1. The third-order valence-corrected chi connectivity index (χ3v) is 3.56. The van der Waals surface area contributed by atoms with Crippen molar-refractivity contribution in [2.24, 2.45) is 0 Å². The van der Waals surface area contributed by atoms with Crippen LogP contribution in [0.4, 0.5) is 0 Å². The average Bonchev–Trinajstić information content (AvgIpc) is 2.65. The molecule has 2 aromatic rings. The molecule has 0 spiro atoms. The Balaban J connectivity index is 2.02. The van der Waals surface area contributed by atoms with Gasteiger partial charge in [-0.25, -0.2) is 4.79 Å². The lowest BCUT2D eigenvalue weighted by Crippen LogP contribution is -2.15. The Morgan fingerprint density at radius 1 is 1.04 bits per heavy atom. The Morgan fingerprint density at radius 2 is 1.76 bits per heavy atom. The van der Waals surface area contributed by atoms with Crippen LogP contribution < -0.4 is 14.2 Å². The Kier molecular flexibility index (Phi) is 6.65. The summed E-state index contributed by atoms with van der Waals surface area (Å²) in [6.45, 7) is 0.149. The van der Waals surface area contributed by atoms with Crippen LogP contribution in [-0.2, 0) is 4.74 Å². The highest BCUT2D eigenvalue weighted by Gasteiger charge is 2.22. The molecule has 0 atom stereocenters. The van der Waals surface area contributed by atoms with Crippen molar-refractivity contribution in [2.45, 2.75) is 0 Å². The minimum absolute atomic E-state index is 0.000120. The first-order valence-corrected chi connectivity index (χ1v) is 7.74. The van der Waals surface area contributed by atoms with Crippen LogP contribution in [0.5, 0.6) is 17.2 Å². The highest BCUT2D eigenvalue weighted by Crippen LogP contribution is 2.33. The second kappa shape index (κ2) is 8.94. The molecule has 0 bridgehead atoms. The molecule has 0 saturated carbocycles. The van der Waals surface area contributed by atoms with E-state index in [1.807, 2.05) is 0 Å². The first-order valence-electron chi connectivity index (χ1n) is 7.36. The molecule has 132 valence electrons. The van der Waals surface area contributed by atoms with Crippen LogP contribution in [0.2, 0.25) is 5.02 Å². The molecule has 0 unspecified atom stereocenters. The topological polar surface area (TPSA) is 71.1 Å². The zero-order valence-corrected chi connectivity index (χ0v) is 14.5. The SMILES string of the molecule is COc1ccc(C=O)c(C(=O)OCCOc2ccc(Cl)cc2)c1OC. The maximum absolute atomic E-state index is 12.3. The third-order valence-electron chi connectivity index (χ3n) is 3.31. The lowest BCUT2D eigenvalue weighted by Gasteiger charge is -2.14. The van der Waals surface area contributed by atoms with Gasteiger partial charge >= 0.3 is 5.97 Å². The van der Waals surface area contributed by atoms with Gasteiger partial charge in [0.2, 0.25) is 0 Å². The van der Waals surface area contributed by atoms with Gasteiger partial charge in [0.25, 0.3) is 0 Å². The summed E-state index contributed by atoms with van der Waals surface area (Å²) in [6.07, 6.45) is 0.558. The van der Waals surface area contributed by atoms with E-state index >= 15 is 0 Å². The average molecular weight is 365 g/mol. The maximum atomic E-state index is 12.3. The van der Waals surface area contributed by atoms with Crippen molar-refractivity contribution < 1.29 is 28.5 Å². The molecule has 0 aliphatic rings. The first kappa shape index (κ1) is 18.6. The minimum atomic E-state index is -0.697. The van der Waals surface area contributed by atoms with Gasteiger partial charge in [-0.15, -0.1) is 0 Å². The summed E-state index contributed by atoms with van der Waals surface area (Å²) < 4.78 is 20.9. The van der Waals surface area contributed by atoms with Crippen molar-refractivity contribution in [3.8, 4) is 17.2 Å². The van der Waals surface area contributed by atoms with Gasteiger partial charge in [-0.2, -0.15) is 0 Å². The molecule has 0 heterocycles.